The fourth-order valence-corrected chi connectivity index (χ4v) is 4.27. The highest BCUT2D eigenvalue weighted by atomic mass is 16.5. The van der Waals surface area contributed by atoms with Crippen molar-refractivity contribution >= 4 is 0 Å². The van der Waals surface area contributed by atoms with E-state index in [9.17, 15) is 5.11 Å². The van der Waals surface area contributed by atoms with Gasteiger partial charge in [0.2, 0.25) is 0 Å². The SMILES string of the molecule is CC(C)=CCN1CC2CC(c3ccccc3)(C1)c1cc(O)ccc1O2. The second-order valence-electron chi connectivity index (χ2n) is 7.55. The molecule has 2 atom stereocenters. The Morgan fingerprint density at radius 3 is 2.80 bits per heavy atom. The van der Waals surface area contributed by atoms with Gasteiger partial charge in [0, 0.05) is 37.0 Å². The predicted octanol–water partition coefficient (Wildman–Crippen LogP) is 4.11. The van der Waals surface area contributed by atoms with Gasteiger partial charge in [-0.2, -0.15) is 0 Å². The molecule has 0 amide bonds. The Bertz CT molecular complexity index is 795. The molecule has 1 N–H and O–H groups in total. The molecular formula is C22H25NO2. The van der Waals surface area contributed by atoms with Gasteiger partial charge in [0.05, 0.1) is 0 Å². The van der Waals surface area contributed by atoms with Gasteiger partial charge in [0.15, 0.2) is 0 Å². The first-order valence-electron chi connectivity index (χ1n) is 8.98. The summed E-state index contributed by atoms with van der Waals surface area (Å²) in [6, 6.07) is 16.2. The van der Waals surface area contributed by atoms with Crippen molar-refractivity contribution in [2.45, 2.75) is 31.8 Å². The van der Waals surface area contributed by atoms with Crippen LogP contribution in [0.1, 0.15) is 31.4 Å². The fourth-order valence-electron chi connectivity index (χ4n) is 4.27. The first-order valence-corrected chi connectivity index (χ1v) is 8.98. The van der Waals surface area contributed by atoms with Gasteiger partial charge in [-0.1, -0.05) is 42.0 Å². The number of fused-ring (bicyclic) bond motifs is 4. The molecule has 3 heteroatoms. The number of ether oxygens (including phenoxy) is 1. The summed E-state index contributed by atoms with van der Waals surface area (Å²) in [4.78, 5) is 2.47. The molecule has 0 aromatic heterocycles. The van der Waals surface area contributed by atoms with Crippen LogP contribution in [0.15, 0.2) is 60.2 Å². The number of hydrogen-bond acceptors (Lipinski definition) is 3. The van der Waals surface area contributed by atoms with Crippen molar-refractivity contribution in [3.63, 3.8) is 0 Å². The van der Waals surface area contributed by atoms with E-state index in [-0.39, 0.29) is 11.5 Å². The topological polar surface area (TPSA) is 32.7 Å². The standard InChI is InChI=1S/C22H25NO2/c1-16(2)10-11-23-14-19-13-22(15-23,17-6-4-3-5-7-17)20-12-18(24)8-9-21(20)25-19/h3-10,12,19,24H,11,13-15H2,1-2H3. The van der Waals surface area contributed by atoms with Crippen molar-refractivity contribution in [1.82, 2.24) is 4.90 Å². The van der Waals surface area contributed by atoms with Gasteiger partial charge < -0.3 is 9.84 Å². The van der Waals surface area contributed by atoms with Gasteiger partial charge in [-0.3, -0.25) is 4.90 Å². The van der Waals surface area contributed by atoms with Crippen LogP contribution in [0, 0.1) is 0 Å². The fraction of sp³-hybridized carbons (Fsp3) is 0.364. The lowest BCUT2D eigenvalue weighted by Gasteiger charge is -2.50. The van der Waals surface area contributed by atoms with Crippen LogP contribution < -0.4 is 4.74 Å². The van der Waals surface area contributed by atoms with Crippen LogP contribution in [-0.4, -0.2) is 35.7 Å². The highest BCUT2D eigenvalue weighted by molar-refractivity contribution is 5.53. The molecule has 4 rings (SSSR count). The maximum Gasteiger partial charge on any atom is 0.124 e. The summed E-state index contributed by atoms with van der Waals surface area (Å²) in [5.41, 5.74) is 3.61. The molecule has 2 aromatic rings. The third-order valence-corrected chi connectivity index (χ3v) is 5.39. The molecule has 0 aliphatic carbocycles. The van der Waals surface area contributed by atoms with Crippen LogP contribution in [0.25, 0.3) is 0 Å². The molecule has 2 aromatic carbocycles. The van der Waals surface area contributed by atoms with Crippen molar-refractivity contribution in [3.8, 4) is 11.5 Å². The number of benzene rings is 2. The highest BCUT2D eigenvalue weighted by Crippen LogP contribution is 2.49. The summed E-state index contributed by atoms with van der Waals surface area (Å²) < 4.78 is 6.27. The molecule has 2 aliphatic heterocycles. The lowest BCUT2D eigenvalue weighted by molar-refractivity contribution is 0.0362. The Balaban J connectivity index is 1.82. The minimum atomic E-state index is -0.133. The number of phenols is 1. The molecule has 0 saturated carbocycles. The zero-order valence-corrected chi connectivity index (χ0v) is 14.9. The maximum atomic E-state index is 10.1. The Kier molecular flexibility index (Phi) is 4.04. The van der Waals surface area contributed by atoms with Crippen LogP contribution in [0.3, 0.4) is 0 Å². The Morgan fingerprint density at radius 1 is 1.24 bits per heavy atom. The van der Waals surface area contributed by atoms with E-state index in [2.05, 4.69) is 55.2 Å². The van der Waals surface area contributed by atoms with E-state index in [1.165, 1.54) is 11.1 Å². The molecule has 130 valence electrons. The van der Waals surface area contributed by atoms with Crippen molar-refractivity contribution in [2.24, 2.45) is 0 Å². The van der Waals surface area contributed by atoms with Crippen molar-refractivity contribution in [1.29, 1.82) is 0 Å². The van der Waals surface area contributed by atoms with Gasteiger partial charge >= 0.3 is 0 Å². The summed E-state index contributed by atoms with van der Waals surface area (Å²) in [7, 11) is 0. The minimum absolute atomic E-state index is 0.133. The van der Waals surface area contributed by atoms with E-state index in [0.717, 1.165) is 37.4 Å². The number of piperidine rings is 1. The first kappa shape index (κ1) is 16.2. The average molecular weight is 335 g/mol. The number of phenolic OH excluding ortho intramolecular Hbond substituents is 1. The first-order chi connectivity index (χ1) is 12.1. The normalized spacial score (nSPS) is 25.0. The van der Waals surface area contributed by atoms with Gasteiger partial charge in [-0.15, -0.1) is 0 Å². The number of rotatable bonds is 3. The van der Waals surface area contributed by atoms with Gasteiger partial charge in [-0.25, -0.2) is 0 Å². The van der Waals surface area contributed by atoms with Gasteiger partial charge in [-0.05, 0) is 37.6 Å². The summed E-state index contributed by atoms with van der Waals surface area (Å²) in [6.07, 6.45) is 3.42. The molecule has 2 aliphatic rings. The van der Waals surface area contributed by atoms with Crippen LogP contribution in [0.5, 0.6) is 11.5 Å². The molecular weight excluding hydrogens is 310 g/mol. The molecule has 0 spiro atoms. The van der Waals surface area contributed by atoms with E-state index in [4.69, 9.17) is 4.74 Å². The van der Waals surface area contributed by atoms with E-state index >= 15 is 0 Å². The summed E-state index contributed by atoms with van der Waals surface area (Å²) >= 11 is 0. The van der Waals surface area contributed by atoms with Gasteiger partial charge in [0.25, 0.3) is 0 Å². The third kappa shape index (κ3) is 2.93. The number of nitrogens with zero attached hydrogens (tertiary/aromatic N) is 1. The van der Waals surface area contributed by atoms with Crippen LogP contribution in [0.2, 0.25) is 0 Å². The van der Waals surface area contributed by atoms with Crippen molar-refractivity contribution in [3.05, 3.63) is 71.3 Å². The number of aromatic hydroxyl groups is 1. The molecule has 1 saturated heterocycles. The maximum absolute atomic E-state index is 10.1. The largest absolute Gasteiger partial charge is 0.508 e. The van der Waals surface area contributed by atoms with E-state index in [0.29, 0.717) is 5.75 Å². The lowest BCUT2D eigenvalue weighted by Crippen LogP contribution is -2.56. The molecule has 2 unspecified atom stereocenters. The average Bonchev–Trinajstić information content (AvgIpc) is 2.61. The zero-order valence-electron chi connectivity index (χ0n) is 14.9. The smallest absolute Gasteiger partial charge is 0.124 e. The molecule has 2 heterocycles. The van der Waals surface area contributed by atoms with E-state index in [1.807, 2.05) is 12.1 Å². The second-order valence-corrected chi connectivity index (χ2v) is 7.55. The van der Waals surface area contributed by atoms with Gasteiger partial charge in [0.1, 0.15) is 17.6 Å². The summed E-state index contributed by atoms with van der Waals surface area (Å²) in [5, 5.41) is 10.1. The van der Waals surface area contributed by atoms with Crippen LogP contribution in [-0.2, 0) is 5.41 Å². The molecule has 2 bridgehead atoms. The highest BCUT2D eigenvalue weighted by Gasteiger charge is 2.48. The minimum Gasteiger partial charge on any atom is -0.508 e. The second kappa shape index (κ2) is 6.23. The Hall–Kier alpha value is -2.26. The monoisotopic (exact) mass is 335 g/mol. The Morgan fingerprint density at radius 2 is 2.04 bits per heavy atom. The molecule has 0 radical (unpaired) electrons. The Labute approximate surface area is 149 Å². The predicted molar refractivity (Wildman–Crippen MR) is 100 cm³/mol. The number of allylic oxidation sites excluding steroid dienone is 1. The van der Waals surface area contributed by atoms with Crippen molar-refractivity contribution < 1.29 is 9.84 Å². The number of likely N-dealkylation sites (tertiary alicyclic amines) is 1. The zero-order chi connectivity index (χ0) is 17.4. The number of hydrogen-bond donors (Lipinski definition) is 1. The summed E-state index contributed by atoms with van der Waals surface area (Å²) in [5.74, 6) is 1.22. The van der Waals surface area contributed by atoms with E-state index < -0.39 is 0 Å². The molecule has 25 heavy (non-hydrogen) atoms. The van der Waals surface area contributed by atoms with Crippen molar-refractivity contribution in [2.75, 3.05) is 19.6 Å². The van der Waals surface area contributed by atoms with E-state index in [1.54, 1.807) is 6.07 Å². The third-order valence-electron chi connectivity index (χ3n) is 5.39. The lowest BCUT2D eigenvalue weighted by atomic mass is 9.67. The molecule has 3 nitrogen and oxygen atoms in total. The molecule has 1 fully saturated rings. The quantitative estimate of drug-likeness (QED) is 0.857. The summed E-state index contributed by atoms with van der Waals surface area (Å²) in [6.45, 7) is 7.10. The van der Waals surface area contributed by atoms with Crippen LogP contribution in [0.4, 0.5) is 0 Å². The van der Waals surface area contributed by atoms with Crippen LogP contribution >= 0.6 is 0 Å².